The fourth-order valence-electron chi connectivity index (χ4n) is 3.09. The first kappa shape index (κ1) is 20.6. The summed E-state index contributed by atoms with van der Waals surface area (Å²) in [5.74, 6) is 0. The average molecular weight is 402 g/mol. The van der Waals surface area contributed by atoms with E-state index in [1.165, 1.54) is 14.2 Å². The predicted octanol–water partition coefficient (Wildman–Crippen LogP) is -0.986. The molecule has 2 aromatic rings. The Hall–Kier alpha value is -4.10. The molecule has 0 N–H and O–H groups in total. The molecule has 3 heterocycles. The maximum atomic E-state index is 10.0. The molecule has 0 bridgehead atoms. The van der Waals surface area contributed by atoms with Crippen molar-refractivity contribution in [3.05, 3.63) is 22.4 Å². The van der Waals surface area contributed by atoms with E-state index in [1.807, 2.05) is 0 Å². The van der Waals surface area contributed by atoms with Crippen LogP contribution >= 0.6 is 0 Å². The molecule has 12 heteroatoms. The van der Waals surface area contributed by atoms with Crippen LogP contribution in [0.5, 0.6) is 0 Å². The number of hydrogen-bond acceptors (Lipinski definition) is 12. The minimum absolute atomic E-state index is 0.00802. The Morgan fingerprint density at radius 3 is 1.40 bits per heavy atom. The maximum Gasteiger partial charge on any atom is 0.201 e. The lowest BCUT2D eigenvalue weighted by Crippen LogP contribution is -2.58. The zero-order valence-electron chi connectivity index (χ0n) is 16.1. The molecule has 0 spiro atoms. The smallest absolute Gasteiger partial charge is 0.201 e. The second kappa shape index (κ2) is 8.10. The second-order valence-electron chi connectivity index (χ2n) is 6.32. The highest BCUT2D eigenvalue weighted by Gasteiger charge is 2.54. The van der Waals surface area contributed by atoms with Crippen molar-refractivity contribution < 1.29 is 9.47 Å². The van der Waals surface area contributed by atoms with Crippen molar-refractivity contribution in [1.82, 2.24) is 19.9 Å². The lowest BCUT2D eigenvalue weighted by molar-refractivity contribution is 0.134. The summed E-state index contributed by atoms with van der Waals surface area (Å²) in [7, 11) is 2.95. The molecule has 2 aromatic heterocycles. The van der Waals surface area contributed by atoms with Gasteiger partial charge in [-0.05, 0) is 0 Å². The van der Waals surface area contributed by atoms with Crippen molar-refractivity contribution in [3.63, 3.8) is 0 Å². The van der Waals surface area contributed by atoms with Crippen LogP contribution < -0.4 is 11.0 Å². The Bertz CT molecular complexity index is 1200. The number of nitrogens with zero attached hydrogens (tertiary/aromatic N) is 10. The summed E-state index contributed by atoms with van der Waals surface area (Å²) in [6.45, 7) is 0.312. The van der Waals surface area contributed by atoms with E-state index >= 15 is 0 Å². The highest BCUT2D eigenvalue weighted by atomic mass is 16.5. The van der Waals surface area contributed by atoms with Gasteiger partial charge in [-0.25, -0.2) is 29.9 Å². The van der Waals surface area contributed by atoms with Crippen molar-refractivity contribution in [2.24, 2.45) is 9.98 Å². The maximum absolute atomic E-state index is 10.0. The van der Waals surface area contributed by atoms with E-state index in [0.29, 0.717) is 0 Å². The van der Waals surface area contributed by atoms with E-state index in [0.717, 1.165) is 0 Å². The lowest BCUT2D eigenvalue weighted by atomic mass is 9.74. The molecule has 0 saturated carbocycles. The van der Waals surface area contributed by atoms with E-state index < -0.39 is 11.1 Å². The highest BCUT2D eigenvalue weighted by molar-refractivity contribution is 5.66. The van der Waals surface area contributed by atoms with Gasteiger partial charge in [0.15, 0.2) is 33.4 Å². The monoisotopic (exact) mass is 402 g/mol. The van der Waals surface area contributed by atoms with E-state index in [1.54, 1.807) is 12.1 Å². The van der Waals surface area contributed by atoms with Crippen molar-refractivity contribution in [2.75, 3.05) is 27.4 Å². The van der Waals surface area contributed by atoms with Gasteiger partial charge in [0.1, 0.15) is 12.1 Å². The molecular weight excluding hydrogens is 388 g/mol. The molecule has 2 unspecified atom stereocenters. The van der Waals surface area contributed by atoms with Gasteiger partial charge in [-0.2, -0.15) is 21.0 Å². The number of fused-ring (bicyclic) bond motifs is 2. The van der Waals surface area contributed by atoms with Gasteiger partial charge in [-0.3, -0.25) is 0 Å². The first-order valence-corrected chi connectivity index (χ1v) is 8.68. The summed E-state index contributed by atoms with van der Waals surface area (Å²) in [5.41, 5.74) is -3.66. The molecule has 0 radical (unpaired) electrons. The Balaban J connectivity index is 2.37. The van der Waals surface area contributed by atoms with E-state index in [2.05, 4.69) is 42.1 Å². The summed E-state index contributed by atoms with van der Waals surface area (Å²) in [4.78, 5) is 25.4. The first-order chi connectivity index (χ1) is 14.5. The zero-order chi connectivity index (χ0) is 21.8. The van der Waals surface area contributed by atoms with Crippen molar-refractivity contribution >= 4 is 11.3 Å². The number of hydrogen-bond donors (Lipinski definition) is 0. The molecule has 0 aliphatic carbocycles. The first-order valence-electron chi connectivity index (χ1n) is 8.68. The third kappa shape index (κ3) is 3.17. The van der Waals surface area contributed by atoms with Crippen LogP contribution in [-0.4, -0.2) is 58.4 Å². The summed E-state index contributed by atoms with van der Waals surface area (Å²) in [5, 5.41) is 38.3. The second-order valence-corrected chi connectivity index (χ2v) is 6.32. The van der Waals surface area contributed by atoms with Gasteiger partial charge >= 0.3 is 0 Å². The third-order valence-corrected chi connectivity index (χ3v) is 4.68. The molecule has 0 amide bonds. The molecule has 3 rings (SSSR count). The third-order valence-electron chi connectivity index (χ3n) is 4.68. The standard InChI is InChI=1S/C18H14N10O2/c1-29-5-3-17(9-21)18(10-22,4-6-30-2)28-16-15(27-17)25-13-14(26-16)24-12(8-20)11(7-19)23-13/h3-6H2,1-2H3. The van der Waals surface area contributed by atoms with Gasteiger partial charge in [0.05, 0.1) is 12.1 Å². The number of rotatable bonds is 6. The number of aromatic nitrogens is 4. The normalized spacial score (nSPS) is 21.8. The van der Waals surface area contributed by atoms with Crippen molar-refractivity contribution in [1.29, 1.82) is 21.0 Å². The summed E-state index contributed by atoms with van der Waals surface area (Å²) >= 11 is 0. The van der Waals surface area contributed by atoms with Crippen LogP contribution in [-0.2, 0) is 9.47 Å². The Kier molecular flexibility index (Phi) is 5.57. The fourth-order valence-corrected chi connectivity index (χ4v) is 3.09. The molecule has 0 aromatic carbocycles. The quantitative estimate of drug-likeness (QED) is 0.580. The SMILES string of the molecule is COCCC1(C#N)N=c2nc3nc(C#N)c(C#N)nc3nc2=NC1(C#N)CCOC. The van der Waals surface area contributed by atoms with Crippen LogP contribution in [0.3, 0.4) is 0 Å². The largest absolute Gasteiger partial charge is 0.385 e. The molecule has 1 aliphatic heterocycles. The highest BCUT2D eigenvalue weighted by Crippen LogP contribution is 2.36. The van der Waals surface area contributed by atoms with Gasteiger partial charge in [0.25, 0.3) is 0 Å². The van der Waals surface area contributed by atoms with Gasteiger partial charge < -0.3 is 9.47 Å². The van der Waals surface area contributed by atoms with Gasteiger partial charge in [-0.1, -0.05) is 0 Å². The molecule has 1 aliphatic rings. The van der Waals surface area contributed by atoms with E-state index in [4.69, 9.17) is 20.0 Å². The van der Waals surface area contributed by atoms with Gasteiger partial charge in [0, 0.05) is 40.3 Å². The Morgan fingerprint density at radius 1 is 0.700 bits per heavy atom. The van der Waals surface area contributed by atoms with Gasteiger partial charge in [-0.15, -0.1) is 0 Å². The summed E-state index contributed by atoms with van der Waals surface area (Å²) < 4.78 is 10.2. The Morgan fingerprint density at radius 2 is 1.10 bits per heavy atom. The Labute approximate surface area is 170 Å². The van der Waals surface area contributed by atoms with Crippen LogP contribution in [0, 0.1) is 45.3 Å². The van der Waals surface area contributed by atoms with Gasteiger partial charge in [0.2, 0.25) is 11.3 Å². The van der Waals surface area contributed by atoms with E-state index in [9.17, 15) is 10.5 Å². The topological polar surface area (TPSA) is 190 Å². The minimum Gasteiger partial charge on any atom is -0.385 e. The zero-order valence-corrected chi connectivity index (χ0v) is 16.1. The fraction of sp³-hybridized carbons (Fsp3) is 0.444. The lowest BCUT2D eigenvalue weighted by Gasteiger charge is -2.36. The summed E-state index contributed by atoms with van der Waals surface area (Å²) in [6, 6.07) is 7.78. The van der Waals surface area contributed by atoms with Crippen molar-refractivity contribution in [2.45, 2.75) is 23.9 Å². The van der Waals surface area contributed by atoms with Crippen LogP contribution in [0.2, 0.25) is 0 Å². The van der Waals surface area contributed by atoms with E-state index in [-0.39, 0.29) is 59.7 Å². The molecular formula is C18H14N10O2. The predicted molar refractivity (Wildman–Crippen MR) is 96.5 cm³/mol. The summed E-state index contributed by atoms with van der Waals surface area (Å²) in [6.07, 6.45) is 0.171. The number of nitriles is 4. The molecule has 2 atom stereocenters. The van der Waals surface area contributed by atoms with Crippen LogP contribution in [0.4, 0.5) is 0 Å². The van der Waals surface area contributed by atoms with Crippen molar-refractivity contribution in [3.8, 4) is 24.3 Å². The molecule has 30 heavy (non-hydrogen) atoms. The number of ether oxygens (including phenoxy) is 2. The number of methoxy groups -OCH3 is 2. The van der Waals surface area contributed by atoms with Crippen LogP contribution in [0.25, 0.3) is 11.3 Å². The molecule has 0 saturated heterocycles. The molecule has 0 fully saturated rings. The molecule has 12 nitrogen and oxygen atoms in total. The van der Waals surface area contributed by atoms with Crippen LogP contribution in [0.1, 0.15) is 24.2 Å². The average Bonchev–Trinajstić information content (AvgIpc) is 2.78. The molecule has 148 valence electrons. The minimum atomic E-state index is -1.59. The van der Waals surface area contributed by atoms with Crippen LogP contribution in [0.15, 0.2) is 9.98 Å².